The molecular formula is C18H35NO. The molecule has 0 aromatic carbocycles. The first-order valence-electron chi connectivity index (χ1n) is 8.98. The van der Waals surface area contributed by atoms with Crippen LogP contribution >= 0.6 is 0 Å². The van der Waals surface area contributed by atoms with Crippen molar-refractivity contribution < 1.29 is 4.74 Å². The van der Waals surface area contributed by atoms with E-state index < -0.39 is 0 Å². The van der Waals surface area contributed by atoms with Crippen LogP contribution in [0.5, 0.6) is 0 Å². The molecular weight excluding hydrogens is 246 g/mol. The maximum Gasteiger partial charge on any atom is 0.0589 e. The first-order valence-corrected chi connectivity index (χ1v) is 8.98. The minimum atomic E-state index is 0.510. The van der Waals surface area contributed by atoms with Gasteiger partial charge in [0.25, 0.3) is 0 Å². The molecule has 2 aliphatic rings. The second kappa shape index (κ2) is 7.79. The van der Waals surface area contributed by atoms with Crippen LogP contribution in [0.15, 0.2) is 0 Å². The van der Waals surface area contributed by atoms with Gasteiger partial charge in [-0.15, -0.1) is 0 Å². The summed E-state index contributed by atoms with van der Waals surface area (Å²) in [6.07, 6.45) is 12.6. The number of rotatable bonds is 7. The number of hydrogen-bond acceptors (Lipinski definition) is 2. The summed E-state index contributed by atoms with van der Waals surface area (Å²) in [7, 11) is 0. The number of hydrogen-bond donors (Lipinski definition) is 1. The fraction of sp³-hybridized carbons (Fsp3) is 1.00. The van der Waals surface area contributed by atoms with Crippen molar-refractivity contribution in [3.05, 3.63) is 0 Å². The molecule has 1 saturated heterocycles. The van der Waals surface area contributed by atoms with E-state index in [0.29, 0.717) is 17.6 Å². The highest BCUT2D eigenvalue weighted by Gasteiger charge is 2.35. The Labute approximate surface area is 126 Å². The van der Waals surface area contributed by atoms with E-state index in [-0.39, 0.29) is 0 Å². The van der Waals surface area contributed by atoms with E-state index in [9.17, 15) is 0 Å². The van der Waals surface area contributed by atoms with Gasteiger partial charge in [-0.3, -0.25) is 0 Å². The molecule has 20 heavy (non-hydrogen) atoms. The van der Waals surface area contributed by atoms with Crippen molar-refractivity contribution in [2.24, 2.45) is 11.3 Å². The van der Waals surface area contributed by atoms with Gasteiger partial charge in [0.1, 0.15) is 0 Å². The Bertz CT molecular complexity index is 269. The summed E-state index contributed by atoms with van der Waals surface area (Å²) >= 11 is 0. The predicted octanol–water partition coefficient (Wildman–Crippen LogP) is 4.53. The van der Waals surface area contributed by atoms with E-state index in [0.717, 1.165) is 12.5 Å². The normalized spacial score (nSPS) is 30.0. The molecule has 0 spiro atoms. The van der Waals surface area contributed by atoms with E-state index >= 15 is 0 Å². The van der Waals surface area contributed by atoms with E-state index in [4.69, 9.17) is 4.74 Å². The van der Waals surface area contributed by atoms with Gasteiger partial charge in [0.05, 0.1) is 6.10 Å². The molecule has 1 aliphatic carbocycles. The summed E-state index contributed by atoms with van der Waals surface area (Å²) in [5.41, 5.74) is 0.604. The molecule has 0 amide bonds. The molecule has 2 atom stereocenters. The van der Waals surface area contributed by atoms with Crippen LogP contribution in [0.25, 0.3) is 0 Å². The molecule has 2 nitrogen and oxygen atoms in total. The summed E-state index contributed by atoms with van der Waals surface area (Å²) in [5.74, 6) is 0.831. The molecule has 118 valence electrons. The first kappa shape index (κ1) is 16.3. The molecule has 2 heteroatoms. The lowest BCUT2D eigenvalue weighted by Gasteiger charge is -2.36. The zero-order valence-corrected chi connectivity index (χ0v) is 13.9. The Morgan fingerprint density at radius 1 is 1.25 bits per heavy atom. The van der Waals surface area contributed by atoms with Gasteiger partial charge >= 0.3 is 0 Å². The van der Waals surface area contributed by atoms with E-state index in [1.807, 2.05) is 0 Å². The largest absolute Gasteiger partial charge is 0.378 e. The highest BCUT2D eigenvalue weighted by atomic mass is 16.5. The second-order valence-corrected chi connectivity index (χ2v) is 7.69. The molecule has 1 N–H and O–H groups in total. The van der Waals surface area contributed by atoms with Crippen molar-refractivity contribution in [3.8, 4) is 0 Å². The van der Waals surface area contributed by atoms with Crippen molar-refractivity contribution in [2.75, 3.05) is 13.2 Å². The third-order valence-electron chi connectivity index (χ3n) is 5.25. The van der Waals surface area contributed by atoms with Crippen molar-refractivity contribution in [1.29, 1.82) is 0 Å². The maximum absolute atomic E-state index is 5.87. The fourth-order valence-electron chi connectivity index (χ4n) is 4.39. The first-order chi connectivity index (χ1) is 9.63. The van der Waals surface area contributed by atoms with Crippen LogP contribution in [0.3, 0.4) is 0 Å². The van der Waals surface area contributed by atoms with Crippen LogP contribution in [0.4, 0.5) is 0 Å². The monoisotopic (exact) mass is 281 g/mol. The van der Waals surface area contributed by atoms with Crippen LogP contribution in [0.2, 0.25) is 0 Å². The van der Waals surface area contributed by atoms with Crippen LogP contribution in [0.1, 0.15) is 78.6 Å². The predicted molar refractivity (Wildman–Crippen MR) is 86.0 cm³/mol. The zero-order valence-electron chi connectivity index (χ0n) is 13.9. The van der Waals surface area contributed by atoms with Crippen molar-refractivity contribution >= 4 is 0 Å². The molecule has 1 aliphatic heterocycles. The summed E-state index contributed by atoms with van der Waals surface area (Å²) in [4.78, 5) is 0. The van der Waals surface area contributed by atoms with Gasteiger partial charge in [-0.2, -0.15) is 0 Å². The molecule has 2 fully saturated rings. The minimum Gasteiger partial charge on any atom is -0.378 e. The highest BCUT2D eigenvalue weighted by molar-refractivity contribution is 4.89. The standard InChI is InChI=1S/C18H35NO/c1-4-7-17-12-16(8-11-20-17)19-14-18(13-15(2)3)9-5-6-10-18/h15-17,19H,4-14H2,1-3H3. The molecule has 1 heterocycles. The maximum atomic E-state index is 5.87. The molecule has 0 bridgehead atoms. The van der Waals surface area contributed by atoms with Gasteiger partial charge in [-0.25, -0.2) is 0 Å². The average molecular weight is 281 g/mol. The van der Waals surface area contributed by atoms with Gasteiger partial charge in [0.2, 0.25) is 0 Å². The second-order valence-electron chi connectivity index (χ2n) is 7.69. The lowest BCUT2D eigenvalue weighted by atomic mass is 9.78. The highest BCUT2D eigenvalue weighted by Crippen LogP contribution is 2.42. The van der Waals surface area contributed by atoms with Crippen LogP contribution in [-0.4, -0.2) is 25.3 Å². The summed E-state index contributed by atoms with van der Waals surface area (Å²) in [5, 5.41) is 3.92. The Balaban J connectivity index is 1.80. The van der Waals surface area contributed by atoms with Crippen LogP contribution < -0.4 is 5.32 Å². The lowest BCUT2D eigenvalue weighted by Crippen LogP contribution is -2.44. The zero-order chi connectivity index (χ0) is 14.4. The van der Waals surface area contributed by atoms with Gasteiger partial charge < -0.3 is 10.1 Å². The fourth-order valence-corrected chi connectivity index (χ4v) is 4.39. The summed E-state index contributed by atoms with van der Waals surface area (Å²) in [6, 6.07) is 0.699. The Kier molecular flexibility index (Phi) is 6.35. The summed E-state index contributed by atoms with van der Waals surface area (Å²) in [6.45, 7) is 9.22. The third-order valence-corrected chi connectivity index (χ3v) is 5.25. The Morgan fingerprint density at radius 3 is 2.65 bits per heavy atom. The quantitative estimate of drug-likeness (QED) is 0.740. The van der Waals surface area contributed by atoms with E-state index in [1.54, 1.807) is 0 Å². The van der Waals surface area contributed by atoms with Gasteiger partial charge in [0, 0.05) is 19.2 Å². The van der Waals surface area contributed by atoms with E-state index in [2.05, 4.69) is 26.1 Å². The third kappa shape index (κ3) is 4.73. The van der Waals surface area contributed by atoms with Crippen molar-refractivity contribution in [1.82, 2.24) is 5.32 Å². The lowest BCUT2D eigenvalue weighted by molar-refractivity contribution is -0.00530. The molecule has 0 radical (unpaired) electrons. The molecule has 2 unspecified atom stereocenters. The Morgan fingerprint density at radius 2 is 2.00 bits per heavy atom. The average Bonchev–Trinajstić information content (AvgIpc) is 2.85. The minimum absolute atomic E-state index is 0.510. The van der Waals surface area contributed by atoms with Gasteiger partial charge in [-0.1, -0.05) is 40.0 Å². The Hall–Kier alpha value is -0.0800. The van der Waals surface area contributed by atoms with Crippen molar-refractivity contribution in [2.45, 2.75) is 90.7 Å². The van der Waals surface area contributed by atoms with Crippen LogP contribution in [-0.2, 0) is 4.74 Å². The molecule has 2 rings (SSSR count). The van der Waals surface area contributed by atoms with Crippen molar-refractivity contribution in [3.63, 3.8) is 0 Å². The number of ether oxygens (including phenoxy) is 1. The summed E-state index contributed by atoms with van der Waals surface area (Å²) < 4.78 is 5.87. The molecule has 1 saturated carbocycles. The van der Waals surface area contributed by atoms with E-state index in [1.165, 1.54) is 64.3 Å². The van der Waals surface area contributed by atoms with Gasteiger partial charge in [0.15, 0.2) is 0 Å². The molecule has 0 aromatic heterocycles. The van der Waals surface area contributed by atoms with Gasteiger partial charge in [-0.05, 0) is 49.9 Å². The SMILES string of the molecule is CCCC1CC(NCC2(CC(C)C)CCCC2)CCO1. The topological polar surface area (TPSA) is 21.3 Å². The smallest absolute Gasteiger partial charge is 0.0589 e. The molecule has 0 aromatic rings. The number of nitrogens with one attached hydrogen (secondary N) is 1. The van der Waals surface area contributed by atoms with Crippen LogP contribution in [0, 0.1) is 11.3 Å².